The predicted molar refractivity (Wildman–Crippen MR) is 82.0 cm³/mol. The van der Waals surface area contributed by atoms with Crippen LogP contribution in [0, 0.1) is 0 Å². The quantitative estimate of drug-likeness (QED) is 0.468. The Bertz CT molecular complexity index is 587. The van der Waals surface area contributed by atoms with Crippen molar-refractivity contribution >= 4 is 27.1 Å². The highest BCUT2D eigenvalue weighted by molar-refractivity contribution is 7.90. The van der Waals surface area contributed by atoms with Crippen LogP contribution >= 0.6 is 0 Å². The van der Waals surface area contributed by atoms with Gasteiger partial charge in [-0.1, -0.05) is 6.07 Å². The number of amides is 1. The number of hydrogen-bond donors (Lipinski definition) is 3. The van der Waals surface area contributed by atoms with E-state index in [1.54, 1.807) is 19.2 Å². The lowest BCUT2D eigenvalue weighted by atomic mass is 10.2. The summed E-state index contributed by atoms with van der Waals surface area (Å²) in [6, 6.07) is 4.73. The molecule has 0 aliphatic heterocycles. The molecule has 1 rings (SSSR count). The number of hydrogen-bond acceptors (Lipinski definition) is 6. The van der Waals surface area contributed by atoms with Gasteiger partial charge in [-0.15, -0.1) is 0 Å². The van der Waals surface area contributed by atoms with Crippen molar-refractivity contribution in [3.05, 3.63) is 18.2 Å². The summed E-state index contributed by atoms with van der Waals surface area (Å²) >= 11 is 0. The van der Waals surface area contributed by atoms with E-state index in [-0.39, 0.29) is 22.9 Å². The summed E-state index contributed by atoms with van der Waals surface area (Å²) in [6.45, 7) is 1.28. The van der Waals surface area contributed by atoms with Crippen molar-refractivity contribution < 1.29 is 17.9 Å². The van der Waals surface area contributed by atoms with E-state index in [1.807, 2.05) is 0 Å². The third-order valence-corrected chi connectivity index (χ3v) is 3.92. The van der Waals surface area contributed by atoms with Gasteiger partial charge in [0.1, 0.15) is 0 Å². The number of carbonyl (C=O) groups is 1. The monoisotopic (exact) mass is 315 g/mol. The Balaban J connectivity index is 2.55. The predicted octanol–water partition coefficient (Wildman–Crippen LogP) is 0.237. The molecule has 21 heavy (non-hydrogen) atoms. The van der Waals surface area contributed by atoms with E-state index in [4.69, 9.17) is 10.5 Å². The van der Waals surface area contributed by atoms with Gasteiger partial charge in [-0.05, 0) is 12.1 Å². The third-order valence-electron chi connectivity index (χ3n) is 2.76. The average molecular weight is 315 g/mol. The zero-order chi connectivity index (χ0) is 15.9. The molecule has 1 aromatic carbocycles. The molecule has 0 aliphatic carbocycles. The Morgan fingerprint density at radius 1 is 1.33 bits per heavy atom. The molecular weight excluding hydrogens is 294 g/mol. The summed E-state index contributed by atoms with van der Waals surface area (Å²) < 4.78 is 27.9. The first-order valence-corrected chi connectivity index (χ1v) is 8.33. The highest BCUT2D eigenvalue weighted by Crippen LogP contribution is 2.26. The molecular formula is C13H21N3O4S. The standard InChI is InChI=1S/C13H21N3O4S/c1-20-9-8-16-12(17)6-7-15-10-4-3-5-11(13(10)14)21(2,18)19/h3-5,15H,6-9,14H2,1-2H3,(H,16,17). The van der Waals surface area contributed by atoms with Gasteiger partial charge in [-0.2, -0.15) is 0 Å². The lowest BCUT2D eigenvalue weighted by Gasteiger charge is -2.12. The number of carbonyl (C=O) groups excluding carboxylic acids is 1. The number of para-hydroxylation sites is 1. The van der Waals surface area contributed by atoms with Crippen LogP contribution in [0.1, 0.15) is 6.42 Å². The Morgan fingerprint density at radius 2 is 2.05 bits per heavy atom. The largest absolute Gasteiger partial charge is 0.396 e. The van der Waals surface area contributed by atoms with Crippen molar-refractivity contribution in [1.82, 2.24) is 5.32 Å². The first-order valence-electron chi connectivity index (χ1n) is 6.44. The molecule has 118 valence electrons. The Kier molecular flexibility index (Phi) is 6.44. The van der Waals surface area contributed by atoms with Crippen LogP contribution in [0.4, 0.5) is 11.4 Å². The van der Waals surface area contributed by atoms with Crippen LogP contribution in [0.5, 0.6) is 0 Å². The zero-order valence-corrected chi connectivity index (χ0v) is 13.0. The number of nitrogens with one attached hydrogen (secondary N) is 2. The summed E-state index contributed by atoms with van der Waals surface area (Å²) in [7, 11) is -1.81. The van der Waals surface area contributed by atoms with E-state index in [0.29, 0.717) is 25.4 Å². The van der Waals surface area contributed by atoms with E-state index >= 15 is 0 Å². The molecule has 0 bridgehead atoms. The van der Waals surface area contributed by atoms with Crippen molar-refractivity contribution in [3.8, 4) is 0 Å². The second-order valence-corrected chi connectivity index (χ2v) is 6.49. The van der Waals surface area contributed by atoms with E-state index in [9.17, 15) is 13.2 Å². The van der Waals surface area contributed by atoms with Gasteiger partial charge in [0.2, 0.25) is 5.91 Å². The zero-order valence-electron chi connectivity index (χ0n) is 12.2. The number of anilines is 2. The molecule has 4 N–H and O–H groups in total. The van der Waals surface area contributed by atoms with Gasteiger partial charge >= 0.3 is 0 Å². The molecule has 0 radical (unpaired) electrons. The number of sulfone groups is 1. The van der Waals surface area contributed by atoms with Crippen LogP contribution in [0.2, 0.25) is 0 Å². The molecule has 1 amide bonds. The minimum atomic E-state index is -3.37. The number of nitrogen functional groups attached to an aromatic ring is 1. The summed E-state index contributed by atoms with van der Waals surface area (Å²) in [5.74, 6) is -0.114. The summed E-state index contributed by atoms with van der Waals surface area (Å²) in [5, 5.41) is 5.65. The lowest BCUT2D eigenvalue weighted by Crippen LogP contribution is -2.28. The van der Waals surface area contributed by atoms with Crippen LogP contribution in [-0.4, -0.2) is 47.4 Å². The highest BCUT2D eigenvalue weighted by Gasteiger charge is 2.13. The number of benzene rings is 1. The van der Waals surface area contributed by atoms with Gasteiger partial charge in [0.15, 0.2) is 9.84 Å². The molecule has 1 aromatic rings. The maximum Gasteiger partial charge on any atom is 0.221 e. The van der Waals surface area contributed by atoms with Gasteiger partial charge < -0.3 is 21.1 Å². The fourth-order valence-electron chi connectivity index (χ4n) is 1.71. The topological polar surface area (TPSA) is 111 Å². The molecule has 0 unspecified atom stereocenters. The lowest BCUT2D eigenvalue weighted by molar-refractivity contribution is -0.121. The number of nitrogens with two attached hydrogens (primary N) is 1. The normalized spacial score (nSPS) is 11.1. The molecule has 0 saturated heterocycles. The SMILES string of the molecule is COCCNC(=O)CCNc1cccc(S(C)(=O)=O)c1N. The van der Waals surface area contributed by atoms with E-state index < -0.39 is 9.84 Å². The van der Waals surface area contributed by atoms with Crippen molar-refractivity contribution in [2.45, 2.75) is 11.3 Å². The molecule has 0 aromatic heterocycles. The first kappa shape index (κ1) is 17.3. The number of rotatable bonds is 8. The van der Waals surface area contributed by atoms with Gasteiger partial charge in [0.25, 0.3) is 0 Å². The van der Waals surface area contributed by atoms with Crippen molar-refractivity contribution in [2.24, 2.45) is 0 Å². The Labute approximate surface area is 124 Å². The van der Waals surface area contributed by atoms with Crippen molar-refractivity contribution in [2.75, 3.05) is 44.1 Å². The fourth-order valence-corrected chi connectivity index (χ4v) is 2.55. The fraction of sp³-hybridized carbons (Fsp3) is 0.462. The van der Waals surface area contributed by atoms with Crippen molar-refractivity contribution in [1.29, 1.82) is 0 Å². The van der Waals surface area contributed by atoms with E-state index in [2.05, 4.69) is 10.6 Å². The maximum absolute atomic E-state index is 11.6. The van der Waals surface area contributed by atoms with Crippen molar-refractivity contribution in [3.63, 3.8) is 0 Å². The number of methoxy groups -OCH3 is 1. The van der Waals surface area contributed by atoms with E-state index in [0.717, 1.165) is 6.26 Å². The second-order valence-electron chi connectivity index (χ2n) is 4.51. The second kappa shape index (κ2) is 7.84. The molecule has 0 saturated carbocycles. The number of ether oxygens (including phenoxy) is 1. The van der Waals surface area contributed by atoms with Gasteiger partial charge in [0, 0.05) is 32.9 Å². The van der Waals surface area contributed by atoms with Gasteiger partial charge in [0.05, 0.1) is 22.9 Å². The Hall–Kier alpha value is -1.80. The smallest absolute Gasteiger partial charge is 0.221 e. The van der Waals surface area contributed by atoms with E-state index in [1.165, 1.54) is 6.07 Å². The summed E-state index contributed by atoms with van der Waals surface area (Å²) in [4.78, 5) is 11.6. The molecule has 8 heteroatoms. The first-order chi connectivity index (χ1) is 9.86. The highest BCUT2D eigenvalue weighted by atomic mass is 32.2. The van der Waals surface area contributed by atoms with Crippen LogP contribution in [0.15, 0.2) is 23.1 Å². The van der Waals surface area contributed by atoms with Crippen LogP contribution in [0.3, 0.4) is 0 Å². The van der Waals surface area contributed by atoms with Gasteiger partial charge in [-0.3, -0.25) is 4.79 Å². The molecule has 0 spiro atoms. The molecule has 7 nitrogen and oxygen atoms in total. The average Bonchev–Trinajstić information content (AvgIpc) is 2.39. The molecule has 0 heterocycles. The maximum atomic E-state index is 11.6. The molecule has 0 fully saturated rings. The van der Waals surface area contributed by atoms with Crippen LogP contribution in [0.25, 0.3) is 0 Å². The van der Waals surface area contributed by atoms with Gasteiger partial charge in [-0.25, -0.2) is 8.42 Å². The third kappa shape index (κ3) is 5.60. The minimum Gasteiger partial charge on any atom is -0.396 e. The van der Waals surface area contributed by atoms with Crippen LogP contribution < -0.4 is 16.4 Å². The summed E-state index contributed by atoms with van der Waals surface area (Å²) in [5.41, 5.74) is 6.49. The molecule has 0 aliphatic rings. The Morgan fingerprint density at radius 3 is 2.67 bits per heavy atom. The molecule has 0 atom stereocenters. The van der Waals surface area contributed by atoms with Crippen LogP contribution in [-0.2, 0) is 19.4 Å². The summed E-state index contributed by atoms with van der Waals surface area (Å²) in [6.07, 6.45) is 1.36. The minimum absolute atomic E-state index is 0.0806.